The second-order valence-corrected chi connectivity index (χ2v) is 6.79. The van der Waals surface area contributed by atoms with E-state index in [-0.39, 0.29) is 35.9 Å². The van der Waals surface area contributed by atoms with Crippen LogP contribution < -0.4 is 16.4 Å². The molecule has 2 aromatic rings. The van der Waals surface area contributed by atoms with Crippen LogP contribution in [0.5, 0.6) is 0 Å². The fourth-order valence-electron chi connectivity index (χ4n) is 3.17. The van der Waals surface area contributed by atoms with Gasteiger partial charge in [0.05, 0.1) is 4.92 Å². The van der Waals surface area contributed by atoms with E-state index < -0.39 is 4.92 Å². The van der Waals surface area contributed by atoms with Crippen molar-refractivity contribution in [3.05, 3.63) is 52.0 Å². The predicted octanol–water partition coefficient (Wildman–Crippen LogP) is 3.07. The Labute approximate surface area is 156 Å². The third kappa shape index (κ3) is 5.10. The molecule has 0 atom stereocenters. The summed E-state index contributed by atoms with van der Waals surface area (Å²) in [7, 11) is 0. The van der Waals surface area contributed by atoms with Gasteiger partial charge < -0.3 is 16.4 Å². The van der Waals surface area contributed by atoms with Crippen molar-refractivity contribution in [2.24, 2.45) is 11.7 Å². The monoisotopic (exact) mass is 374 g/mol. The fourth-order valence-corrected chi connectivity index (χ4v) is 3.17. The van der Waals surface area contributed by atoms with Gasteiger partial charge in [-0.05, 0) is 37.7 Å². The maximum atomic E-state index is 13.7. The number of hydrogen-bond donors (Lipinski definition) is 3. The molecule has 0 spiro atoms. The third-order valence-corrected chi connectivity index (χ3v) is 4.81. The maximum Gasteiger partial charge on any atom is 0.329 e. The number of nitrogens with two attached hydrogens (primary N) is 1. The van der Waals surface area contributed by atoms with Gasteiger partial charge in [-0.3, -0.25) is 10.1 Å². The van der Waals surface area contributed by atoms with Gasteiger partial charge in [0.2, 0.25) is 11.8 Å². The van der Waals surface area contributed by atoms with E-state index in [1.54, 1.807) is 18.2 Å². The second-order valence-electron chi connectivity index (χ2n) is 6.79. The van der Waals surface area contributed by atoms with E-state index in [1.165, 1.54) is 6.07 Å². The first-order valence-electron chi connectivity index (χ1n) is 9.01. The summed E-state index contributed by atoms with van der Waals surface area (Å²) in [5.41, 5.74) is 6.20. The first-order chi connectivity index (χ1) is 13.0. The van der Waals surface area contributed by atoms with Crippen LogP contribution in [0, 0.1) is 21.8 Å². The average molecular weight is 374 g/mol. The van der Waals surface area contributed by atoms with Gasteiger partial charge in [-0.25, -0.2) is 9.37 Å². The van der Waals surface area contributed by atoms with Crippen molar-refractivity contribution in [2.45, 2.75) is 38.3 Å². The lowest BCUT2D eigenvalue weighted by Gasteiger charge is -2.26. The number of hydrogen-bond acceptors (Lipinski definition) is 7. The maximum absolute atomic E-state index is 13.7. The molecular formula is C18H23FN6O2. The molecule has 3 rings (SSSR count). The predicted molar refractivity (Wildman–Crippen MR) is 101 cm³/mol. The van der Waals surface area contributed by atoms with E-state index in [2.05, 4.69) is 20.6 Å². The van der Waals surface area contributed by atoms with Gasteiger partial charge in [0.15, 0.2) is 0 Å². The van der Waals surface area contributed by atoms with Gasteiger partial charge in [0.25, 0.3) is 0 Å². The van der Waals surface area contributed by atoms with Crippen LogP contribution in [0.4, 0.5) is 21.8 Å². The van der Waals surface area contributed by atoms with E-state index in [4.69, 9.17) is 5.73 Å². The van der Waals surface area contributed by atoms with Crippen molar-refractivity contribution in [2.75, 3.05) is 17.2 Å². The second kappa shape index (κ2) is 8.72. The van der Waals surface area contributed by atoms with Crippen LogP contribution in [0.15, 0.2) is 30.5 Å². The number of aromatic nitrogens is 2. The number of rotatable bonds is 7. The third-order valence-electron chi connectivity index (χ3n) is 4.81. The highest BCUT2D eigenvalue weighted by molar-refractivity contribution is 5.57. The zero-order valence-corrected chi connectivity index (χ0v) is 14.9. The highest BCUT2D eigenvalue weighted by atomic mass is 19.1. The molecule has 9 heteroatoms. The molecule has 0 unspecified atom stereocenters. The van der Waals surface area contributed by atoms with Gasteiger partial charge in [-0.1, -0.05) is 18.2 Å². The molecule has 1 aromatic carbocycles. The van der Waals surface area contributed by atoms with Gasteiger partial charge in [-0.2, -0.15) is 4.98 Å². The van der Waals surface area contributed by atoms with E-state index in [0.717, 1.165) is 31.9 Å². The summed E-state index contributed by atoms with van der Waals surface area (Å²) < 4.78 is 13.7. The van der Waals surface area contributed by atoms with Crippen LogP contribution >= 0.6 is 0 Å². The molecule has 8 nitrogen and oxygen atoms in total. The first-order valence-corrected chi connectivity index (χ1v) is 9.01. The molecule has 1 heterocycles. The van der Waals surface area contributed by atoms with Gasteiger partial charge in [-0.15, -0.1) is 0 Å². The Morgan fingerprint density at radius 2 is 1.96 bits per heavy atom. The zero-order valence-electron chi connectivity index (χ0n) is 14.9. The molecule has 1 aromatic heterocycles. The molecule has 0 saturated heterocycles. The zero-order chi connectivity index (χ0) is 19.2. The number of anilines is 2. The Hall–Kier alpha value is -2.81. The largest absolute Gasteiger partial charge is 0.364 e. The summed E-state index contributed by atoms with van der Waals surface area (Å²) in [6.45, 7) is 0.780. The number of nitro groups is 1. The van der Waals surface area contributed by atoms with Crippen LogP contribution in [0.25, 0.3) is 0 Å². The minimum Gasteiger partial charge on any atom is -0.364 e. The molecule has 0 radical (unpaired) electrons. The molecule has 0 amide bonds. The molecule has 1 fully saturated rings. The Morgan fingerprint density at radius 1 is 1.22 bits per heavy atom. The van der Waals surface area contributed by atoms with E-state index >= 15 is 0 Å². The lowest BCUT2D eigenvalue weighted by atomic mass is 9.86. The molecule has 0 aliphatic heterocycles. The summed E-state index contributed by atoms with van der Waals surface area (Å²) in [4.78, 5) is 18.9. The van der Waals surface area contributed by atoms with Crippen LogP contribution in [0.3, 0.4) is 0 Å². The molecule has 4 N–H and O–H groups in total. The van der Waals surface area contributed by atoms with E-state index in [1.807, 2.05) is 0 Å². The number of benzene rings is 1. The molecule has 1 aliphatic carbocycles. The van der Waals surface area contributed by atoms with Crippen LogP contribution in [-0.2, 0) is 6.54 Å². The highest BCUT2D eigenvalue weighted by Crippen LogP contribution is 2.26. The smallest absolute Gasteiger partial charge is 0.329 e. The summed E-state index contributed by atoms with van der Waals surface area (Å²) in [6.07, 6.45) is 5.08. The lowest BCUT2D eigenvalue weighted by Crippen LogP contribution is -2.29. The standard InChI is InChI=1S/C18H23FN6O2/c19-15-4-2-1-3-13(15)10-22-18-23-11-16(25(26)27)17(24-18)21-9-12-5-7-14(20)8-6-12/h1-4,11-12,14H,5-10,20H2,(H2,21,22,23,24). The minimum atomic E-state index is -0.514. The fraction of sp³-hybridized carbons (Fsp3) is 0.444. The Balaban J connectivity index is 1.67. The van der Waals surface area contributed by atoms with E-state index in [0.29, 0.717) is 18.0 Å². The average Bonchev–Trinajstić information content (AvgIpc) is 2.67. The minimum absolute atomic E-state index is 0.168. The Bertz CT molecular complexity index is 795. The first kappa shape index (κ1) is 19.0. The van der Waals surface area contributed by atoms with Crippen LogP contribution in [0.2, 0.25) is 0 Å². The number of halogens is 1. The van der Waals surface area contributed by atoms with Gasteiger partial charge >= 0.3 is 5.69 Å². The van der Waals surface area contributed by atoms with Crippen molar-refractivity contribution < 1.29 is 9.31 Å². The van der Waals surface area contributed by atoms with Crippen molar-refractivity contribution in [1.29, 1.82) is 0 Å². The topological polar surface area (TPSA) is 119 Å². The normalized spacial score (nSPS) is 19.5. The summed E-state index contributed by atoms with van der Waals surface area (Å²) in [6, 6.07) is 6.63. The molecular weight excluding hydrogens is 351 g/mol. The molecule has 1 saturated carbocycles. The van der Waals surface area contributed by atoms with Crippen molar-refractivity contribution >= 4 is 17.5 Å². The molecule has 0 bridgehead atoms. The number of nitrogens with one attached hydrogen (secondary N) is 2. The highest BCUT2D eigenvalue weighted by Gasteiger charge is 2.21. The Kier molecular flexibility index (Phi) is 6.12. The lowest BCUT2D eigenvalue weighted by molar-refractivity contribution is -0.384. The van der Waals surface area contributed by atoms with Gasteiger partial charge in [0, 0.05) is 24.7 Å². The summed E-state index contributed by atoms with van der Waals surface area (Å²) in [5.74, 6) is 0.452. The van der Waals surface area contributed by atoms with Crippen molar-refractivity contribution in [1.82, 2.24) is 9.97 Å². The SMILES string of the molecule is NC1CCC(CNc2nc(NCc3ccccc3F)ncc2[N+](=O)[O-])CC1. The molecule has 144 valence electrons. The summed E-state index contributed by atoms with van der Waals surface area (Å²) >= 11 is 0. The van der Waals surface area contributed by atoms with Crippen LogP contribution in [0.1, 0.15) is 31.2 Å². The molecule has 27 heavy (non-hydrogen) atoms. The van der Waals surface area contributed by atoms with Crippen molar-refractivity contribution in [3.8, 4) is 0 Å². The van der Waals surface area contributed by atoms with Gasteiger partial charge in [0.1, 0.15) is 12.0 Å². The summed E-state index contributed by atoms with van der Waals surface area (Å²) in [5, 5.41) is 17.2. The Morgan fingerprint density at radius 3 is 2.67 bits per heavy atom. The van der Waals surface area contributed by atoms with Crippen molar-refractivity contribution in [3.63, 3.8) is 0 Å². The van der Waals surface area contributed by atoms with E-state index in [9.17, 15) is 14.5 Å². The van der Waals surface area contributed by atoms with Crippen LogP contribution in [-0.4, -0.2) is 27.5 Å². The quantitative estimate of drug-likeness (QED) is 0.503. The number of nitrogens with zero attached hydrogens (tertiary/aromatic N) is 3. The molecule has 1 aliphatic rings.